The van der Waals surface area contributed by atoms with Crippen molar-refractivity contribution in [1.82, 2.24) is 10.1 Å². The summed E-state index contributed by atoms with van der Waals surface area (Å²) in [7, 11) is 0. The quantitative estimate of drug-likeness (QED) is 0.710. The van der Waals surface area contributed by atoms with Crippen LogP contribution in [-0.2, 0) is 0 Å². The highest BCUT2D eigenvalue weighted by Gasteiger charge is 2.16. The lowest BCUT2D eigenvalue weighted by atomic mass is 10.1. The maximum atomic E-state index is 5.82. The molecule has 0 fully saturated rings. The topological polar surface area (TPSA) is 48.2 Å². The highest BCUT2D eigenvalue weighted by Crippen LogP contribution is 2.35. The van der Waals surface area contributed by atoms with Gasteiger partial charge >= 0.3 is 0 Å². The molecule has 0 saturated heterocycles. The number of aryl methyl sites for hydroxylation is 1. The Kier molecular flexibility index (Phi) is 2.98. The average Bonchev–Trinajstić information content (AvgIpc) is 2.82. The molecule has 1 aromatic carbocycles. The molecule has 0 saturated carbocycles. The molecule has 19 heavy (non-hydrogen) atoms. The van der Waals surface area contributed by atoms with Crippen LogP contribution in [0.1, 0.15) is 5.76 Å². The van der Waals surface area contributed by atoms with Crippen LogP contribution in [0.15, 0.2) is 59.4 Å². The number of benzene rings is 1. The van der Waals surface area contributed by atoms with E-state index in [-0.39, 0.29) is 0 Å². The highest BCUT2D eigenvalue weighted by atomic mass is 16.5. The molecule has 0 N–H and O–H groups in total. The van der Waals surface area contributed by atoms with Crippen molar-refractivity contribution in [2.45, 2.75) is 6.92 Å². The van der Waals surface area contributed by atoms with Gasteiger partial charge in [-0.05, 0) is 12.1 Å². The Hall–Kier alpha value is -2.62. The van der Waals surface area contributed by atoms with Gasteiger partial charge in [0, 0.05) is 18.7 Å². The van der Waals surface area contributed by atoms with Gasteiger partial charge in [0.2, 0.25) is 0 Å². The van der Waals surface area contributed by atoms with Crippen molar-refractivity contribution in [3.05, 3.63) is 60.6 Å². The van der Waals surface area contributed by atoms with Crippen molar-refractivity contribution in [3.8, 4) is 22.8 Å². The molecule has 0 aliphatic heterocycles. The normalized spacial score (nSPS) is 10.4. The lowest BCUT2D eigenvalue weighted by Crippen LogP contribution is -1.88. The van der Waals surface area contributed by atoms with Crippen molar-refractivity contribution < 1.29 is 9.26 Å². The fourth-order valence-electron chi connectivity index (χ4n) is 1.79. The van der Waals surface area contributed by atoms with Crippen molar-refractivity contribution in [3.63, 3.8) is 0 Å². The van der Waals surface area contributed by atoms with Crippen molar-refractivity contribution in [2.24, 2.45) is 0 Å². The fourth-order valence-corrected chi connectivity index (χ4v) is 1.79. The zero-order valence-corrected chi connectivity index (χ0v) is 10.4. The first-order valence-electron chi connectivity index (χ1n) is 5.94. The van der Waals surface area contributed by atoms with E-state index in [2.05, 4.69) is 10.1 Å². The molecule has 4 nitrogen and oxygen atoms in total. The molecular formula is C15H12N2O2. The molecule has 0 aliphatic rings. The third kappa shape index (κ3) is 2.33. The van der Waals surface area contributed by atoms with Crippen molar-refractivity contribution in [1.29, 1.82) is 0 Å². The molecule has 3 aromatic rings. The van der Waals surface area contributed by atoms with Crippen LogP contribution in [0.3, 0.4) is 0 Å². The number of ether oxygens (including phenoxy) is 1. The molecule has 0 unspecified atom stereocenters. The number of aromatic nitrogens is 2. The number of hydrogen-bond donors (Lipinski definition) is 0. The van der Waals surface area contributed by atoms with Crippen LogP contribution < -0.4 is 4.74 Å². The molecule has 0 bridgehead atoms. The Morgan fingerprint density at radius 3 is 2.63 bits per heavy atom. The van der Waals surface area contributed by atoms with E-state index < -0.39 is 0 Å². The van der Waals surface area contributed by atoms with Gasteiger partial charge in [0.1, 0.15) is 5.75 Å². The van der Waals surface area contributed by atoms with Gasteiger partial charge in [0.25, 0.3) is 0 Å². The fraction of sp³-hybridized carbons (Fsp3) is 0.0667. The maximum absolute atomic E-state index is 5.82. The monoisotopic (exact) mass is 252 g/mol. The molecule has 3 rings (SSSR count). The van der Waals surface area contributed by atoms with Crippen LogP contribution in [0, 0.1) is 6.92 Å². The predicted octanol–water partition coefficient (Wildman–Crippen LogP) is 3.84. The second-order valence-corrected chi connectivity index (χ2v) is 4.07. The second-order valence-electron chi connectivity index (χ2n) is 4.07. The van der Waals surface area contributed by atoms with E-state index in [4.69, 9.17) is 9.26 Å². The smallest absolute Gasteiger partial charge is 0.197 e. The molecule has 94 valence electrons. The van der Waals surface area contributed by atoms with Crippen LogP contribution in [-0.4, -0.2) is 10.1 Å². The summed E-state index contributed by atoms with van der Waals surface area (Å²) in [5.74, 6) is 1.92. The van der Waals surface area contributed by atoms with Crippen LogP contribution in [0.5, 0.6) is 11.5 Å². The van der Waals surface area contributed by atoms with Crippen LogP contribution in [0.4, 0.5) is 0 Å². The minimum Gasteiger partial charge on any atom is -0.450 e. The zero-order valence-electron chi connectivity index (χ0n) is 10.4. The summed E-state index contributed by atoms with van der Waals surface area (Å²) >= 11 is 0. The summed E-state index contributed by atoms with van der Waals surface area (Å²) < 4.78 is 11.0. The number of hydrogen-bond acceptors (Lipinski definition) is 4. The SMILES string of the molecule is Cc1onc(-c2ccccc2)c1Oc1cccnc1. The average molecular weight is 252 g/mol. The highest BCUT2D eigenvalue weighted by molar-refractivity contribution is 5.67. The predicted molar refractivity (Wildman–Crippen MR) is 71.0 cm³/mol. The molecule has 0 spiro atoms. The molecule has 0 atom stereocenters. The van der Waals surface area contributed by atoms with Crippen molar-refractivity contribution in [2.75, 3.05) is 0 Å². The summed E-state index contributed by atoms with van der Waals surface area (Å²) in [6, 6.07) is 13.5. The Morgan fingerprint density at radius 2 is 1.89 bits per heavy atom. The van der Waals surface area contributed by atoms with Gasteiger partial charge in [-0.25, -0.2) is 0 Å². The van der Waals surface area contributed by atoms with Crippen LogP contribution in [0.2, 0.25) is 0 Å². The minimum absolute atomic E-state index is 0.624. The first kappa shape index (κ1) is 11.5. The minimum atomic E-state index is 0.624. The molecule has 0 amide bonds. The summed E-state index contributed by atoms with van der Waals surface area (Å²) in [5.41, 5.74) is 1.65. The number of nitrogens with zero attached hydrogens (tertiary/aromatic N) is 2. The van der Waals surface area contributed by atoms with Gasteiger partial charge in [-0.3, -0.25) is 4.98 Å². The van der Waals surface area contributed by atoms with Gasteiger partial charge in [-0.15, -0.1) is 0 Å². The Bertz CT molecular complexity index is 663. The molecule has 0 radical (unpaired) electrons. The largest absolute Gasteiger partial charge is 0.450 e. The molecule has 4 heteroatoms. The lowest BCUT2D eigenvalue weighted by Gasteiger charge is -2.05. The number of rotatable bonds is 3. The third-order valence-corrected chi connectivity index (χ3v) is 2.71. The molecule has 0 aliphatic carbocycles. The Morgan fingerprint density at radius 1 is 1.05 bits per heavy atom. The van der Waals surface area contributed by atoms with Gasteiger partial charge in [-0.2, -0.15) is 0 Å². The third-order valence-electron chi connectivity index (χ3n) is 2.71. The molecular weight excluding hydrogens is 240 g/mol. The second kappa shape index (κ2) is 4.94. The van der Waals surface area contributed by atoms with E-state index in [1.54, 1.807) is 12.4 Å². The van der Waals surface area contributed by atoms with E-state index in [9.17, 15) is 0 Å². The van der Waals surface area contributed by atoms with Gasteiger partial charge < -0.3 is 9.26 Å². The maximum Gasteiger partial charge on any atom is 0.197 e. The standard InChI is InChI=1S/C15H12N2O2/c1-11-15(18-13-8-5-9-16-10-13)14(17-19-11)12-6-3-2-4-7-12/h2-10H,1H3. The van der Waals surface area contributed by atoms with Crippen molar-refractivity contribution >= 4 is 0 Å². The Balaban J connectivity index is 2.00. The van der Waals surface area contributed by atoms with Gasteiger partial charge in [0.15, 0.2) is 17.2 Å². The van der Waals surface area contributed by atoms with E-state index in [1.165, 1.54) is 0 Å². The van der Waals surface area contributed by atoms with Crippen LogP contribution in [0.25, 0.3) is 11.3 Å². The van der Waals surface area contributed by atoms with E-state index in [0.29, 0.717) is 23.0 Å². The number of pyridine rings is 1. The summed E-state index contributed by atoms with van der Waals surface area (Å²) in [6.45, 7) is 1.82. The van der Waals surface area contributed by atoms with E-state index in [1.807, 2.05) is 49.4 Å². The first-order chi connectivity index (χ1) is 9.34. The van der Waals surface area contributed by atoms with Gasteiger partial charge in [0.05, 0.1) is 6.20 Å². The van der Waals surface area contributed by atoms with E-state index in [0.717, 1.165) is 5.56 Å². The Labute approximate surface area is 110 Å². The van der Waals surface area contributed by atoms with Gasteiger partial charge in [-0.1, -0.05) is 35.5 Å². The summed E-state index contributed by atoms with van der Waals surface area (Å²) in [5, 5.41) is 4.06. The van der Waals surface area contributed by atoms with E-state index >= 15 is 0 Å². The lowest BCUT2D eigenvalue weighted by molar-refractivity contribution is 0.386. The summed E-state index contributed by atoms with van der Waals surface area (Å²) in [6.07, 6.45) is 3.35. The first-order valence-corrected chi connectivity index (χ1v) is 5.94. The molecule has 2 aromatic heterocycles. The zero-order chi connectivity index (χ0) is 13.1. The van der Waals surface area contributed by atoms with Crippen LogP contribution >= 0.6 is 0 Å². The summed E-state index contributed by atoms with van der Waals surface area (Å²) in [4.78, 5) is 4.02. The molecule has 2 heterocycles.